The van der Waals surface area contributed by atoms with Crippen LogP contribution in [0.5, 0.6) is 0 Å². The van der Waals surface area contributed by atoms with Gasteiger partial charge in [0.05, 0.1) is 29.1 Å². The summed E-state index contributed by atoms with van der Waals surface area (Å²) in [4.78, 5) is 19.5. The summed E-state index contributed by atoms with van der Waals surface area (Å²) in [5.74, 6) is 0. The van der Waals surface area contributed by atoms with Gasteiger partial charge in [0.1, 0.15) is 0 Å². The van der Waals surface area contributed by atoms with Gasteiger partial charge in [0.2, 0.25) is 0 Å². The Kier molecular flexibility index (Phi) is 6.17. The van der Waals surface area contributed by atoms with E-state index in [2.05, 4.69) is 36.3 Å². The van der Waals surface area contributed by atoms with Crippen LogP contribution < -0.4 is 5.32 Å². The van der Waals surface area contributed by atoms with Crippen LogP contribution in [0.1, 0.15) is 25.7 Å². The van der Waals surface area contributed by atoms with E-state index in [1.807, 2.05) is 35.3 Å². The van der Waals surface area contributed by atoms with Gasteiger partial charge in [0.25, 0.3) is 0 Å². The van der Waals surface area contributed by atoms with Gasteiger partial charge < -0.3 is 10.4 Å². The molecule has 7 nitrogen and oxygen atoms in total. The van der Waals surface area contributed by atoms with Crippen molar-refractivity contribution in [2.24, 2.45) is 0 Å². The third-order valence-corrected chi connectivity index (χ3v) is 4.52. The summed E-state index contributed by atoms with van der Waals surface area (Å²) in [6, 6.07) is 5.84. The van der Waals surface area contributed by atoms with Gasteiger partial charge in [-0.25, -0.2) is 9.78 Å². The van der Waals surface area contributed by atoms with Crippen molar-refractivity contribution in [1.29, 1.82) is 0 Å². The highest BCUT2D eigenvalue weighted by Crippen LogP contribution is 2.21. The number of rotatable bonds is 8. The first-order chi connectivity index (χ1) is 12.6. The van der Waals surface area contributed by atoms with Gasteiger partial charge in [-0.2, -0.15) is 5.10 Å². The zero-order valence-corrected chi connectivity index (χ0v) is 15.8. The molecule has 3 rings (SSSR count). The van der Waals surface area contributed by atoms with Gasteiger partial charge in [0, 0.05) is 29.3 Å². The molecule has 1 amide bonds. The lowest BCUT2D eigenvalue weighted by molar-refractivity contribution is 0.194. The molecule has 0 atom stereocenters. The van der Waals surface area contributed by atoms with Crippen LogP contribution in [0.2, 0.25) is 0 Å². The standard InChI is InChI=1S/C18H20BrN5O2/c19-14-5-6-15-16(9-14)23-17(11-21-15)13-10-22-24(12-13)8-4-2-1-3-7-20-18(25)26/h5-6,9-12,20H,1-4,7-8H2,(H,25,26). The zero-order valence-electron chi connectivity index (χ0n) is 14.2. The van der Waals surface area contributed by atoms with Crippen molar-refractivity contribution in [3.8, 4) is 11.3 Å². The Morgan fingerprint density at radius 2 is 2.00 bits per heavy atom. The fraction of sp³-hybridized carbons (Fsp3) is 0.333. The molecule has 0 radical (unpaired) electrons. The highest BCUT2D eigenvalue weighted by molar-refractivity contribution is 9.10. The largest absolute Gasteiger partial charge is 0.465 e. The first-order valence-electron chi connectivity index (χ1n) is 8.54. The third-order valence-electron chi connectivity index (χ3n) is 4.02. The lowest BCUT2D eigenvalue weighted by Gasteiger charge is -2.03. The maximum Gasteiger partial charge on any atom is 0.404 e. The van der Waals surface area contributed by atoms with Crippen LogP contribution in [0.25, 0.3) is 22.3 Å². The second-order valence-electron chi connectivity index (χ2n) is 6.03. The average molecular weight is 418 g/mol. The number of unbranched alkanes of at least 4 members (excludes halogenated alkanes) is 3. The van der Waals surface area contributed by atoms with Gasteiger partial charge in [-0.05, 0) is 31.0 Å². The highest BCUT2D eigenvalue weighted by atomic mass is 79.9. The first kappa shape index (κ1) is 18.3. The zero-order chi connectivity index (χ0) is 18.4. The van der Waals surface area contributed by atoms with E-state index in [1.165, 1.54) is 0 Å². The molecule has 136 valence electrons. The maximum absolute atomic E-state index is 10.3. The van der Waals surface area contributed by atoms with Gasteiger partial charge in [-0.1, -0.05) is 28.8 Å². The van der Waals surface area contributed by atoms with Crippen molar-refractivity contribution in [2.75, 3.05) is 6.54 Å². The minimum absolute atomic E-state index is 0.512. The normalized spacial score (nSPS) is 11.0. The molecule has 0 bridgehead atoms. The summed E-state index contributed by atoms with van der Waals surface area (Å²) < 4.78 is 2.89. The lowest BCUT2D eigenvalue weighted by Crippen LogP contribution is -2.21. The number of nitrogens with one attached hydrogen (secondary N) is 1. The molecule has 2 aromatic heterocycles. The van der Waals surface area contributed by atoms with E-state index in [0.29, 0.717) is 6.54 Å². The summed E-state index contributed by atoms with van der Waals surface area (Å²) >= 11 is 3.46. The lowest BCUT2D eigenvalue weighted by atomic mass is 10.2. The molecule has 8 heteroatoms. The molecule has 0 aliphatic rings. The summed E-state index contributed by atoms with van der Waals surface area (Å²) in [6.45, 7) is 1.34. The molecule has 1 aromatic carbocycles. The Morgan fingerprint density at radius 3 is 2.85 bits per heavy atom. The van der Waals surface area contributed by atoms with E-state index < -0.39 is 6.09 Å². The Hall–Kier alpha value is -2.48. The Balaban J connectivity index is 1.52. The maximum atomic E-state index is 10.3. The summed E-state index contributed by atoms with van der Waals surface area (Å²) in [5.41, 5.74) is 3.47. The van der Waals surface area contributed by atoms with Crippen molar-refractivity contribution < 1.29 is 9.90 Å². The van der Waals surface area contributed by atoms with E-state index in [0.717, 1.165) is 59.0 Å². The molecule has 0 aliphatic heterocycles. The van der Waals surface area contributed by atoms with Crippen LogP contribution in [0.3, 0.4) is 0 Å². The smallest absolute Gasteiger partial charge is 0.404 e. The average Bonchev–Trinajstić information content (AvgIpc) is 3.09. The minimum Gasteiger partial charge on any atom is -0.465 e. The number of hydrogen-bond donors (Lipinski definition) is 2. The SMILES string of the molecule is O=C(O)NCCCCCCn1cc(-c2cnc3ccc(Br)cc3n2)cn1. The number of amides is 1. The molecule has 2 N–H and O–H groups in total. The monoisotopic (exact) mass is 417 g/mol. The van der Waals surface area contributed by atoms with Gasteiger partial charge in [-0.15, -0.1) is 0 Å². The molecule has 0 spiro atoms. The van der Waals surface area contributed by atoms with Crippen LogP contribution in [-0.4, -0.2) is 37.5 Å². The van der Waals surface area contributed by atoms with Gasteiger partial charge in [-0.3, -0.25) is 9.67 Å². The second kappa shape index (κ2) is 8.75. The fourth-order valence-electron chi connectivity index (χ4n) is 2.69. The number of aryl methyl sites for hydroxylation is 1. The molecule has 0 saturated carbocycles. The number of aromatic nitrogens is 4. The Bertz CT molecular complexity index is 896. The minimum atomic E-state index is -0.960. The van der Waals surface area contributed by atoms with Crippen LogP contribution >= 0.6 is 15.9 Å². The van der Waals surface area contributed by atoms with Crippen LogP contribution in [-0.2, 0) is 6.54 Å². The molecule has 0 fully saturated rings. The van der Waals surface area contributed by atoms with Gasteiger partial charge in [0.15, 0.2) is 0 Å². The molecular formula is C18H20BrN5O2. The Labute approximate surface area is 159 Å². The number of fused-ring (bicyclic) bond motifs is 1. The molecule has 0 unspecified atom stereocenters. The second-order valence-corrected chi connectivity index (χ2v) is 6.94. The number of carbonyl (C=O) groups is 1. The highest BCUT2D eigenvalue weighted by Gasteiger charge is 2.06. The molecule has 0 saturated heterocycles. The van der Waals surface area contributed by atoms with E-state index in [1.54, 1.807) is 6.20 Å². The number of halogens is 1. The van der Waals surface area contributed by atoms with Crippen molar-refractivity contribution in [3.63, 3.8) is 0 Å². The van der Waals surface area contributed by atoms with E-state index in [4.69, 9.17) is 5.11 Å². The van der Waals surface area contributed by atoms with E-state index in [-0.39, 0.29) is 0 Å². The summed E-state index contributed by atoms with van der Waals surface area (Å²) in [7, 11) is 0. The van der Waals surface area contributed by atoms with Crippen molar-refractivity contribution >= 4 is 33.1 Å². The predicted molar refractivity (Wildman–Crippen MR) is 103 cm³/mol. The topological polar surface area (TPSA) is 92.9 Å². The van der Waals surface area contributed by atoms with Gasteiger partial charge >= 0.3 is 6.09 Å². The third kappa shape index (κ3) is 5.01. The molecule has 2 heterocycles. The first-order valence-corrected chi connectivity index (χ1v) is 9.33. The number of nitrogens with zero attached hydrogens (tertiary/aromatic N) is 4. The van der Waals surface area contributed by atoms with E-state index >= 15 is 0 Å². The summed E-state index contributed by atoms with van der Waals surface area (Å²) in [6.07, 6.45) is 8.51. The van der Waals surface area contributed by atoms with E-state index in [9.17, 15) is 4.79 Å². The van der Waals surface area contributed by atoms with Crippen molar-refractivity contribution in [1.82, 2.24) is 25.1 Å². The predicted octanol–water partition coefficient (Wildman–Crippen LogP) is 4.08. The molecular weight excluding hydrogens is 398 g/mol. The Morgan fingerprint density at radius 1 is 1.15 bits per heavy atom. The van der Waals surface area contributed by atoms with Crippen LogP contribution in [0.4, 0.5) is 4.79 Å². The fourth-order valence-corrected chi connectivity index (χ4v) is 3.04. The molecule has 0 aliphatic carbocycles. The van der Waals surface area contributed by atoms with Crippen molar-refractivity contribution in [3.05, 3.63) is 41.3 Å². The quantitative estimate of drug-likeness (QED) is 0.538. The molecule has 26 heavy (non-hydrogen) atoms. The number of benzene rings is 1. The van der Waals surface area contributed by atoms with Crippen LogP contribution in [0, 0.1) is 0 Å². The van der Waals surface area contributed by atoms with Crippen LogP contribution in [0.15, 0.2) is 41.3 Å². The van der Waals surface area contributed by atoms with Crippen molar-refractivity contribution in [2.45, 2.75) is 32.2 Å². The number of hydrogen-bond acceptors (Lipinski definition) is 4. The molecule has 3 aromatic rings. The number of carboxylic acid groups (broad SMARTS) is 1. The summed E-state index contributed by atoms with van der Waals surface area (Å²) in [5, 5.41) is 15.3.